The number of hydrogen-bond donors (Lipinski definition) is 1. The molecule has 88 valence electrons. The van der Waals surface area contributed by atoms with Gasteiger partial charge in [0, 0.05) is 12.1 Å². The fraction of sp³-hybridized carbons (Fsp3) is 0.917. The van der Waals surface area contributed by atoms with E-state index in [1.165, 1.54) is 6.42 Å². The molecule has 0 aliphatic carbocycles. The molecule has 2 unspecified atom stereocenters. The summed E-state index contributed by atoms with van der Waals surface area (Å²) in [5, 5.41) is 3.19. The van der Waals surface area contributed by atoms with E-state index in [0.29, 0.717) is 18.6 Å². The van der Waals surface area contributed by atoms with Crippen LogP contribution in [0.3, 0.4) is 0 Å². The molecule has 0 aromatic carbocycles. The maximum Gasteiger partial charge on any atom is 0.237 e. The minimum atomic E-state index is 0.278. The van der Waals surface area contributed by atoms with Crippen LogP contribution in [0, 0.1) is 0 Å². The molecule has 15 heavy (non-hydrogen) atoms. The summed E-state index contributed by atoms with van der Waals surface area (Å²) in [4.78, 5) is 14.0. The Morgan fingerprint density at radius 3 is 2.73 bits per heavy atom. The highest BCUT2D eigenvalue weighted by Gasteiger charge is 2.32. The summed E-state index contributed by atoms with van der Waals surface area (Å²) in [5.74, 6) is 0.278. The Kier molecular flexibility index (Phi) is 5.09. The SMILES string of the molecule is CCCNCC(=O)N1C(C)CCC1CC. The summed E-state index contributed by atoms with van der Waals surface area (Å²) >= 11 is 0. The van der Waals surface area contributed by atoms with Gasteiger partial charge in [-0.15, -0.1) is 0 Å². The second kappa shape index (κ2) is 6.11. The van der Waals surface area contributed by atoms with Crippen molar-refractivity contribution in [3.8, 4) is 0 Å². The van der Waals surface area contributed by atoms with Crippen molar-refractivity contribution < 1.29 is 4.79 Å². The van der Waals surface area contributed by atoms with Crippen molar-refractivity contribution in [2.45, 2.75) is 58.5 Å². The van der Waals surface area contributed by atoms with Crippen molar-refractivity contribution in [3.63, 3.8) is 0 Å². The zero-order valence-electron chi connectivity index (χ0n) is 10.3. The van der Waals surface area contributed by atoms with E-state index >= 15 is 0 Å². The van der Waals surface area contributed by atoms with E-state index in [2.05, 4.69) is 31.0 Å². The van der Waals surface area contributed by atoms with E-state index < -0.39 is 0 Å². The van der Waals surface area contributed by atoms with E-state index in [0.717, 1.165) is 25.8 Å². The molecule has 1 N–H and O–H groups in total. The molecule has 1 rings (SSSR count). The second-order valence-corrected chi connectivity index (χ2v) is 4.47. The van der Waals surface area contributed by atoms with Crippen molar-refractivity contribution in [2.75, 3.05) is 13.1 Å². The number of nitrogens with zero attached hydrogens (tertiary/aromatic N) is 1. The van der Waals surface area contributed by atoms with E-state index in [-0.39, 0.29) is 5.91 Å². The minimum Gasteiger partial charge on any atom is -0.336 e. The van der Waals surface area contributed by atoms with Crippen molar-refractivity contribution in [1.82, 2.24) is 10.2 Å². The molecule has 1 amide bonds. The highest BCUT2D eigenvalue weighted by molar-refractivity contribution is 5.79. The molecule has 0 bridgehead atoms. The van der Waals surface area contributed by atoms with Crippen LogP contribution in [0.5, 0.6) is 0 Å². The van der Waals surface area contributed by atoms with Gasteiger partial charge in [-0.25, -0.2) is 0 Å². The largest absolute Gasteiger partial charge is 0.336 e. The molecular formula is C12H24N2O. The Balaban J connectivity index is 2.41. The number of likely N-dealkylation sites (tertiary alicyclic amines) is 1. The Bertz CT molecular complexity index is 206. The molecule has 1 saturated heterocycles. The molecular weight excluding hydrogens is 188 g/mol. The van der Waals surface area contributed by atoms with Gasteiger partial charge in [0.2, 0.25) is 5.91 Å². The van der Waals surface area contributed by atoms with Crippen molar-refractivity contribution in [3.05, 3.63) is 0 Å². The molecule has 3 heteroatoms. The number of carbonyl (C=O) groups excluding carboxylic acids is 1. The summed E-state index contributed by atoms with van der Waals surface area (Å²) in [7, 11) is 0. The van der Waals surface area contributed by atoms with E-state index in [9.17, 15) is 4.79 Å². The Labute approximate surface area is 93.2 Å². The smallest absolute Gasteiger partial charge is 0.237 e. The van der Waals surface area contributed by atoms with Gasteiger partial charge < -0.3 is 10.2 Å². The van der Waals surface area contributed by atoms with Gasteiger partial charge in [-0.3, -0.25) is 4.79 Å². The van der Waals surface area contributed by atoms with Crippen molar-refractivity contribution in [2.24, 2.45) is 0 Å². The maximum absolute atomic E-state index is 12.0. The zero-order chi connectivity index (χ0) is 11.3. The fourth-order valence-electron chi connectivity index (χ4n) is 2.39. The molecule has 0 aromatic rings. The Hall–Kier alpha value is -0.570. The van der Waals surface area contributed by atoms with Gasteiger partial charge in [0.25, 0.3) is 0 Å². The summed E-state index contributed by atoms with van der Waals surface area (Å²) in [5.41, 5.74) is 0. The first-order chi connectivity index (χ1) is 7.20. The Morgan fingerprint density at radius 1 is 1.40 bits per heavy atom. The zero-order valence-corrected chi connectivity index (χ0v) is 10.3. The highest BCUT2D eigenvalue weighted by Crippen LogP contribution is 2.25. The van der Waals surface area contributed by atoms with Crippen LogP contribution in [-0.4, -0.2) is 36.0 Å². The van der Waals surface area contributed by atoms with Crippen LogP contribution >= 0.6 is 0 Å². The molecule has 0 spiro atoms. The molecule has 0 radical (unpaired) electrons. The topological polar surface area (TPSA) is 32.3 Å². The third-order valence-electron chi connectivity index (χ3n) is 3.25. The molecule has 1 heterocycles. The first kappa shape index (κ1) is 12.5. The normalized spacial score (nSPS) is 25.9. The number of nitrogens with one attached hydrogen (secondary N) is 1. The lowest BCUT2D eigenvalue weighted by Gasteiger charge is -2.28. The molecule has 0 aromatic heterocycles. The van der Waals surface area contributed by atoms with Crippen LogP contribution in [0.25, 0.3) is 0 Å². The van der Waals surface area contributed by atoms with E-state index in [1.807, 2.05) is 0 Å². The van der Waals surface area contributed by atoms with Gasteiger partial charge in [0.1, 0.15) is 0 Å². The molecule has 1 fully saturated rings. The van der Waals surface area contributed by atoms with E-state index in [1.54, 1.807) is 0 Å². The van der Waals surface area contributed by atoms with Crippen LogP contribution in [0.2, 0.25) is 0 Å². The predicted molar refractivity (Wildman–Crippen MR) is 62.8 cm³/mol. The Morgan fingerprint density at radius 2 is 2.13 bits per heavy atom. The lowest BCUT2D eigenvalue weighted by Crippen LogP contribution is -2.44. The maximum atomic E-state index is 12.0. The van der Waals surface area contributed by atoms with Gasteiger partial charge in [0.15, 0.2) is 0 Å². The van der Waals surface area contributed by atoms with Crippen LogP contribution in [-0.2, 0) is 4.79 Å². The molecule has 1 aliphatic rings. The number of carbonyl (C=O) groups is 1. The first-order valence-corrected chi connectivity index (χ1v) is 6.22. The molecule has 3 nitrogen and oxygen atoms in total. The predicted octanol–water partition coefficient (Wildman–Crippen LogP) is 1.78. The van der Waals surface area contributed by atoms with Crippen LogP contribution in [0.1, 0.15) is 46.5 Å². The number of amides is 1. The van der Waals surface area contributed by atoms with Crippen LogP contribution in [0.15, 0.2) is 0 Å². The van der Waals surface area contributed by atoms with Crippen LogP contribution in [0.4, 0.5) is 0 Å². The standard InChI is InChI=1S/C12H24N2O/c1-4-8-13-9-12(15)14-10(3)6-7-11(14)5-2/h10-11,13H,4-9H2,1-3H3. The van der Waals surface area contributed by atoms with Gasteiger partial charge >= 0.3 is 0 Å². The van der Waals surface area contributed by atoms with Gasteiger partial charge in [-0.2, -0.15) is 0 Å². The summed E-state index contributed by atoms with van der Waals surface area (Å²) < 4.78 is 0. The third kappa shape index (κ3) is 3.20. The van der Waals surface area contributed by atoms with Gasteiger partial charge in [-0.1, -0.05) is 13.8 Å². The van der Waals surface area contributed by atoms with Crippen LogP contribution < -0.4 is 5.32 Å². The fourth-order valence-corrected chi connectivity index (χ4v) is 2.39. The summed E-state index contributed by atoms with van der Waals surface area (Å²) in [6, 6.07) is 0.918. The highest BCUT2D eigenvalue weighted by atomic mass is 16.2. The van der Waals surface area contributed by atoms with Crippen molar-refractivity contribution in [1.29, 1.82) is 0 Å². The first-order valence-electron chi connectivity index (χ1n) is 6.22. The second-order valence-electron chi connectivity index (χ2n) is 4.47. The van der Waals surface area contributed by atoms with Gasteiger partial charge in [0.05, 0.1) is 6.54 Å². The van der Waals surface area contributed by atoms with E-state index in [4.69, 9.17) is 0 Å². The average molecular weight is 212 g/mol. The van der Waals surface area contributed by atoms with Crippen molar-refractivity contribution >= 4 is 5.91 Å². The quantitative estimate of drug-likeness (QED) is 0.704. The third-order valence-corrected chi connectivity index (χ3v) is 3.25. The monoisotopic (exact) mass is 212 g/mol. The summed E-state index contributed by atoms with van der Waals surface area (Å²) in [6.07, 6.45) is 4.51. The van der Waals surface area contributed by atoms with Gasteiger partial charge in [-0.05, 0) is 39.2 Å². The number of rotatable bonds is 5. The molecule has 2 atom stereocenters. The molecule has 1 aliphatic heterocycles. The minimum absolute atomic E-state index is 0.278. The number of hydrogen-bond acceptors (Lipinski definition) is 2. The molecule has 0 saturated carbocycles. The average Bonchev–Trinajstić information content (AvgIpc) is 2.59. The lowest BCUT2D eigenvalue weighted by atomic mass is 10.1. The summed E-state index contributed by atoms with van der Waals surface area (Å²) in [6.45, 7) is 7.89. The lowest BCUT2D eigenvalue weighted by molar-refractivity contribution is -0.132.